The molecule has 0 bridgehead atoms. The third kappa shape index (κ3) is 3.40. The third-order valence-electron chi connectivity index (χ3n) is 2.25. The summed E-state index contributed by atoms with van der Waals surface area (Å²) >= 11 is -1.50. The summed E-state index contributed by atoms with van der Waals surface area (Å²) in [5, 5.41) is 0. The molecule has 1 unspecified atom stereocenters. The molecule has 2 atom stereocenters. The van der Waals surface area contributed by atoms with Crippen molar-refractivity contribution in [2.45, 2.75) is 18.2 Å². The lowest BCUT2D eigenvalue weighted by Crippen LogP contribution is -2.42. The quantitative estimate of drug-likeness (QED) is 0.361. The van der Waals surface area contributed by atoms with E-state index >= 15 is 0 Å². The number of nitrogens with zero attached hydrogens (tertiary/aromatic N) is 1. The Morgan fingerprint density at radius 2 is 2.53 bits per heavy atom. The highest BCUT2D eigenvalue weighted by molar-refractivity contribution is 7.76. The Balaban J connectivity index is 2.70. The molecule has 0 radical (unpaired) electrons. The summed E-state index contributed by atoms with van der Waals surface area (Å²) in [6.07, 6.45) is 2.38. The first-order chi connectivity index (χ1) is 7.06. The molecule has 1 aliphatic rings. The van der Waals surface area contributed by atoms with Crippen LogP contribution in [0.25, 0.3) is 0 Å². The molecule has 0 N–H and O–H groups in total. The summed E-state index contributed by atoms with van der Waals surface area (Å²) in [5.41, 5.74) is 0.438. The van der Waals surface area contributed by atoms with E-state index in [1.165, 1.54) is 4.31 Å². The van der Waals surface area contributed by atoms with Gasteiger partial charge in [0, 0.05) is 23.4 Å². The van der Waals surface area contributed by atoms with Crippen LogP contribution in [0, 0.1) is 0 Å². The Morgan fingerprint density at radius 1 is 1.87 bits per heavy atom. The van der Waals surface area contributed by atoms with Crippen molar-refractivity contribution in [2.75, 3.05) is 13.2 Å². The van der Waals surface area contributed by atoms with Crippen molar-refractivity contribution in [1.29, 1.82) is 0 Å². The predicted octanol–water partition coefficient (Wildman–Crippen LogP) is -1.07. The number of esters is 1. The van der Waals surface area contributed by atoms with E-state index in [-0.39, 0.29) is 11.4 Å². The second-order valence-corrected chi connectivity index (χ2v) is 5.56. The van der Waals surface area contributed by atoms with Gasteiger partial charge in [0.25, 0.3) is 0 Å². The minimum absolute atomic E-state index is 0.0431. The summed E-state index contributed by atoms with van der Waals surface area (Å²) < 4.78 is 27.8. The standard InChI is InChI=1S/C8H12NO4S.Al.2H/c1-2-13-8(10)7-4-3-5-9(6-7)14(11)12;;;/h4-5H,2-3,6H2,1H3,(H,11,12);;;/p-1. The smallest absolute Gasteiger partial charge is 0.335 e. The van der Waals surface area contributed by atoms with Crippen LogP contribution in [0.4, 0.5) is 0 Å². The summed E-state index contributed by atoms with van der Waals surface area (Å²) in [4.78, 5) is 11.4. The number of ether oxygens (including phenoxy) is 1. The van der Waals surface area contributed by atoms with E-state index in [4.69, 9.17) is 4.74 Å². The van der Waals surface area contributed by atoms with E-state index in [0.29, 0.717) is 18.6 Å². The number of hydrogen-bond donors (Lipinski definition) is 0. The molecule has 1 rings (SSSR count). The van der Waals surface area contributed by atoms with Crippen molar-refractivity contribution in [2.24, 2.45) is 0 Å². The summed E-state index contributed by atoms with van der Waals surface area (Å²) in [6.45, 7) is 2.17. The fourth-order valence-corrected chi connectivity index (χ4v) is 2.95. The van der Waals surface area contributed by atoms with E-state index in [9.17, 15) is 13.6 Å². The fourth-order valence-electron chi connectivity index (χ4n) is 1.39. The van der Waals surface area contributed by atoms with Crippen molar-refractivity contribution < 1.29 is 18.3 Å². The molecule has 1 aliphatic heterocycles. The first-order valence-electron chi connectivity index (χ1n) is 4.78. The van der Waals surface area contributed by atoms with E-state index in [1.807, 2.05) is 0 Å². The van der Waals surface area contributed by atoms with Gasteiger partial charge in [-0.05, 0) is 18.2 Å². The van der Waals surface area contributed by atoms with Crippen LogP contribution < -0.4 is 0 Å². The molecule has 1 heterocycles. The van der Waals surface area contributed by atoms with Crippen LogP contribution in [-0.2, 0) is 20.8 Å². The van der Waals surface area contributed by atoms with E-state index in [2.05, 4.69) is 0 Å². The van der Waals surface area contributed by atoms with Crippen LogP contribution in [0.1, 0.15) is 13.3 Å². The fraction of sp³-hybridized carbons (Fsp3) is 0.625. The molecule has 0 aromatic carbocycles. The Bertz CT molecular complexity index is 307. The Hall–Kier alpha value is -0.188. The summed E-state index contributed by atoms with van der Waals surface area (Å²) in [7, 11) is 0. The van der Waals surface area contributed by atoms with Crippen molar-refractivity contribution in [3.63, 3.8) is 0 Å². The highest BCUT2D eigenvalue weighted by Crippen LogP contribution is 2.16. The first-order valence-corrected chi connectivity index (χ1v) is 6.97. The second kappa shape index (κ2) is 5.78. The number of hydrogen-bond acceptors (Lipinski definition) is 4. The second-order valence-electron chi connectivity index (χ2n) is 3.33. The molecule has 0 spiro atoms. The molecule has 15 heavy (non-hydrogen) atoms. The maximum absolute atomic E-state index is 11.4. The lowest BCUT2D eigenvalue weighted by atomic mass is 10.1. The zero-order valence-corrected chi connectivity index (χ0v) is 11.6. The van der Waals surface area contributed by atoms with Crippen molar-refractivity contribution in [3.8, 4) is 0 Å². The summed E-state index contributed by atoms with van der Waals surface area (Å²) in [6, 6.07) is 0. The molecule has 84 valence electrons. The van der Waals surface area contributed by atoms with Gasteiger partial charge in [-0.15, -0.1) is 0 Å². The number of carbonyl (C=O) groups excluding carboxylic acids is 1. The highest BCUT2D eigenvalue weighted by Gasteiger charge is 2.24. The van der Waals surface area contributed by atoms with Gasteiger partial charge in [0.05, 0.1) is 6.61 Å². The Labute approximate surface area is 99.3 Å². The molecule has 0 fully saturated rings. The first kappa shape index (κ1) is 12.9. The lowest BCUT2D eigenvalue weighted by molar-refractivity contribution is -0.138. The van der Waals surface area contributed by atoms with E-state index < -0.39 is 17.2 Å². The molecule has 0 aliphatic carbocycles. The number of carbonyl (C=O) groups is 1. The Kier molecular flexibility index (Phi) is 4.96. The number of rotatable bonds is 3. The van der Waals surface area contributed by atoms with Gasteiger partial charge in [-0.1, -0.05) is 6.08 Å². The molecule has 0 saturated carbocycles. The van der Waals surface area contributed by atoms with Gasteiger partial charge < -0.3 is 9.29 Å². The van der Waals surface area contributed by atoms with Gasteiger partial charge in [-0.3, -0.25) is 4.21 Å². The van der Waals surface area contributed by atoms with Crippen molar-refractivity contribution in [1.82, 2.24) is 4.31 Å². The SMILES string of the molecule is CCOC(=O)C1=CC[C@H]([AlH2])N(S(=O)[O-])C1. The average Bonchev–Trinajstić information content (AvgIpc) is 2.18. The maximum Gasteiger partial charge on any atom is 0.335 e. The van der Waals surface area contributed by atoms with Gasteiger partial charge in [0.15, 0.2) is 0 Å². The van der Waals surface area contributed by atoms with Crippen LogP contribution in [0.15, 0.2) is 11.6 Å². The predicted molar refractivity (Wildman–Crippen MR) is 57.3 cm³/mol. The normalized spacial score (nSPS) is 24.4. The van der Waals surface area contributed by atoms with E-state index in [1.54, 1.807) is 13.0 Å². The molecule has 0 saturated heterocycles. The van der Waals surface area contributed by atoms with Gasteiger partial charge in [-0.25, -0.2) is 9.10 Å². The molecule has 0 aromatic rings. The largest absolute Gasteiger partial charge is 0.760 e. The Morgan fingerprint density at radius 3 is 3.07 bits per heavy atom. The van der Waals surface area contributed by atoms with Crippen LogP contribution in [-0.4, -0.2) is 53.4 Å². The van der Waals surface area contributed by atoms with Gasteiger partial charge >= 0.3 is 5.97 Å². The van der Waals surface area contributed by atoms with Gasteiger partial charge in [0.1, 0.15) is 0 Å². The molecule has 5 nitrogen and oxygen atoms in total. The van der Waals surface area contributed by atoms with Crippen LogP contribution in [0.2, 0.25) is 0 Å². The zero-order valence-electron chi connectivity index (χ0n) is 8.76. The third-order valence-corrected chi connectivity index (χ3v) is 4.59. The van der Waals surface area contributed by atoms with Gasteiger partial charge in [0.2, 0.25) is 16.3 Å². The van der Waals surface area contributed by atoms with Crippen molar-refractivity contribution >= 4 is 33.5 Å². The minimum Gasteiger partial charge on any atom is -0.760 e. The van der Waals surface area contributed by atoms with Gasteiger partial charge in [-0.2, -0.15) is 0 Å². The van der Waals surface area contributed by atoms with Crippen LogP contribution >= 0.6 is 0 Å². The summed E-state index contributed by atoms with van der Waals surface area (Å²) in [5.74, 6) is -0.415. The van der Waals surface area contributed by atoms with Crippen LogP contribution in [0.3, 0.4) is 0 Å². The molecule has 7 heteroatoms. The molecular weight excluding hydrogens is 233 g/mol. The molecule has 0 amide bonds. The van der Waals surface area contributed by atoms with E-state index in [0.717, 1.165) is 16.3 Å². The lowest BCUT2D eigenvalue weighted by Gasteiger charge is -2.33. The maximum atomic E-state index is 11.4. The van der Waals surface area contributed by atoms with Crippen molar-refractivity contribution in [3.05, 3.63) is 11.6 Å². The molecular formula is C8H13AlNO4S-. The zero-order chi connectivity index (χ0) is 11.4. The molecule has 0 aromatic heterocycles. The topological polar surface area (TPSA) is 69.7 Å². The monoisotopic (exact) mass is 246 g/mol. The minimum atomic E-state index is -2.25. The van der Waals surface area contributed by atoms with Crippen LogP contribution in [0.5, 0.6) is 0 Å². The highest BCUT2D eigenvalue weighted by atomic mass is 32.2. The average molecular weight is 246 g/mol.